The van der Waals surface area contributed by atoms with E-state index in [1.807, 2.05) is 13.0 Å². The van der Waals surface area contributed by atoms with Gasteiger partial charge in [-0.3, -0.25) is 4.98 Å². The Balaban J connectivity index is 2.20. The number of rotatable bonds is 3. The molecule has 0 spiro atoms. The molecule has 0 atom stereocenters. The Morgan fingerprint density at radius 1 is 1.19 bits per heavy atom. The predicted molar refractivity (Wildman–Crippen MR) is 60.1 cm³/mol. The van der Waals surface area contributed by atoms with Crippen LogP contribution in [-0.2, 0) is 6.42 Å². The Bertz CT molecular complexity index is 485. The molecular formula is C13H12FNO. The summed E-state index contributed by atoms with van der Waals surface area (Å²) < 4.78 is 18.4. The summed E-state index contributed by atoms with van der Waals surface area (Å²) in [7, 11) is 0. The third kappa shape index (κ3) is 2.57. The number of benzene rings is 1. The zero-order valence-electron chi connectivity index (χ0n) is 8.98. The molecule has 0 amide bonds. The highest BCUT2D eigenvalue weighted by atomic mass is 19.1. The van der Waals surface area contributed by atoms with E-state index in [4.69, 9.17) is 4.74 Å². The summed E-state index contributed by atoms with van der Waals surface area (Å²) >= 11 is 0. The molecule has 82 valence electrons. The second-order valence-corrected chi connectivity index (χ2v) is 3.40. The second-order valence-electron chi connectivity index (χ2n) is 3.40. The maximum Gasteiger partial charge on any atom is 0.130 e. The molecule has 0 fully saturated rings. The summed E-state index contributed by atoms with van der Waals surface area (Å²) in [6.45, 7) is 2.02. The van der Waals surface area contributed by atoms with Gasteiger partial charge in [0.1, 0.15) is 17.3 Å². The number of aryl methyl sites for hydroxylation is 1. The van der Waals surface area contributed by atoms with Gasteiger partial charge in [0.05, 0.1) is 0 Å². The lowest BCUT2D eigenvalue weighted by atomic mass is 10.3. The number of pyridine rings is 1. The van der Waals surface area contributed by atoms with Crippen molar-refractivity contribution in [3.8, 4) is 11.5 Å². The van der Waals surface area contributed by atoms with Crippen molar-refractivity contribution >= 4 is 0 Å². The largest absolute Gasteiger partial charge is 0.457 e. The summed E-state index contributed by atoms with van der Waals surface area (Å²) in [5, 5.41) is 0. The average molecular weight is 217 g/mol. The van der Waals surface area contributed by atoms with Crippen LogP contribution in [0.3, 0.4) is 0 Å². The average Bonchev–Trinajstić information content (AvgIpc) is 2.29. The maximum absolute atomic E-state index is 12.9. The molecule has 0 saturated carbocycles. The van der Waals surface area contributed by atoms with E-state index in [0.717, 1.165) is 12.1 Å². The van der Waals surface area contributed by atoms with Crippen molar-refractivity contribution in [1.82, 2.24) is 4.98 Å². The standard InChI is InChI=1S/C13H12FNO/c1-2-11-9-13(6-7-15-11)16-12-5-3-4-10(14)8-12/h3-9H,2H2,1H3. The molecule has 2 rings (SSSR count). The topological polar surface area (TPSA) is 22.1 Å². The zero-order chi connectivity index (χ0) is 11.4. The van der Waals surface area contributed by atoms with Crippen LogP contribution in [0.15, 0.2) is 42.6 Å². The number of hydrogen-bond acceptors (Lipinski definition) is 2. The van der Waals surface area contributed by atoms with Crippen molar-refractivity contribution in [1.29, 1.82) is 0 Å². The van der Waals surface area contributed by atoms with Gasteiger partial charge >= 0.3 is 0 Å². The van der Waals surface area contributed by atoms with Gasteiger partial charge in [-0.15, -0.1) is 0 Å². The van der Waals surface area contributed by atoms with Crippen molar-refractivity contribution in [3.63, 3.8) is 0 Å². The third-order valence-corrected chi connectivity index (χ3v) is 2.18. The Morgan fingerprint density at radius 2 is 2.00 bits per heavy atom. The fourth-order valence-electron chi connectivity index (χ4n) is 1.38. The van der Waals surface area contributed by atoms with Gasteiger partial charge in [0.25, 0.3) is 0 Å². The molecule has 16 heavy (non-hydrogen) atoms. The summed E-state index contributed by atoms with van der Waals surface area (Å²) in [5.74, 6) is 0.868. The number of aromatic nitrogens is 1. The number of ether oxygens (including phenoxy) is 1. The van der Waals surface area contributed by atoms with Gasteiger partial charge in [0.15, 0.2) is 0 Å². The van der Waals surface area contributed by atoms with Crippen molar-refractivity contribution in [2.75, 3.05) is 0 Å². The fourth-order valence-corrected chi connectivity index (χ4v) is 1.38. The lowest BCUT2D eigenvalue weighted by Crippen LogP contribution is -1.89. The molecule has 0 radical (unpaired) electrons. The molecule has 3 heteroatoms. The minimum Gasteiger partial charge on any atom is -0.457 e. The molecule has 0 aliphatic heterocycles. The van der Waals surface area contributed by atoms with Crippen LogP contribution in [0.5, 0.6) is 11.5 Å². The van der Waals surface area contributed by atoms with Crippen LogP contribution in [0.2, 0.25) is 0 Å². The van der Waals surface area contributed by atoms with Gasteiger partial charge in [0.2, 0.25) is 0 Å². The summed E-state index contributed by atoms with van der Waals surface area (Å²) in [4.78, 5) is 4.16. The quantitative estimate of drug-likeness (QED) is 0.784. The molecule has 0 bridgehead atoms. The number of nitrogens with zero attached hydrogens (tertiary/aromatic N) is 1. The molecule has 0 aliphatic carbocycles. The van der Waals surface area contributed by atoms with Crippen LogP contribution < -0.4 is 4.74 Å². The van der Waals surface area contributed by atoms with Gasteiger partial charge in [-0.1, -0.05) is 13.0 Å². The maximum atomic E-state index is 12.9. The molecule has 1 heterocycles. The normalized spacial score (nSPS) is 10.1. The molecule has 0 unspecified atom stereocenters. The second kappa shape index (κ2) is 4.75. The van der Waals surface area contributed by atoms with Crippen LogP contribution in [0.4, 0.5) is 4.39 Å². The minimum absolute atomic E-state index is 0.303. The van der Waals surface area contributed by atoms with E-state index >= 15 is 0 Å². The van der Waals surface area contributed by atoms with E-state index in [1.165, 1.54) is 12.1 Å². The van der Waals surface area contributed by atoms with Gasteiger partial charge in [-0.05, 0) is 24.6 Å². The van der Waals surface area contributed by atoms with Gasteiger partial charge < -0.3 is 4.74 Å². The van der Waals surface area contributed by atoms with E-state index in [9.17, 15) is 4.39 Å². The van der Waals surface area contributed by atoms with Crippen LogP contribution in [0, 0.1) is 5.82 Å². The SMILES string of the molecule is CCc1cc(Oc2cccc(F)c2)ccn1. The first-order chi connectivity index (χ1) is 7.78. The fraction of sp³-hybridized carbons (Fsp3) is 0.154. The molecule has 0 N–H and O–H groups in total. The van der Waals surface area contributed by atoms with E-state index in [-0.39, 0.29) is 5.82 Å². The molecule has 0 saturated heterocycles. The van der Waals surface area contributed by atoms with E-state index in [2.05, 4.69) is 4.98 Å². The van der Waals surface area contributed by atoms with Gasteiger partial charge in [-0.2, -0.15) is 0 Å². The summed E-state index contributed by atoms with van der Waals surface area (Å²) in [6.07, 6.45) is 2.54. The molecule has 2 nitrogen and oxygen atoms in total. The minimum atomic E-state index is -0.303. The Kier molecular flexibility index (Phi) is 3.15. The highest BCUT2D eigenvalue weighted by Crippen LogP contribution is 2.21. The molecule has 1 aromatic carbocycles. The Morgan fingerprint density at radius 3 is 2.75 bits per heavy atom. The van der Waals surface area contributed by atoms with Crippen molar-refractivity contribution in [2.24, 2.45) is 0 Å². The lowest BCUT2D eigenvalue weighted by molar-refractivity contribution is 0.475. The van der Waals surface area contributed by atoms with Crippen LogP contribution in [0.25, 0.3) is 0 Å². The monoisotopic (exact) mass is 217 g/mol. The Hall–Kier alpha value is -1.90. The van der Waals surface area contributed by atoms with E-state index < -0.39 is 0 Å². The number of hydrogen-bond donors (Lipinski definition) is 0. The molecular weight excluding hydrogens is 205 g/mol. The highest BCUT2D eigenvalue weighted by Gasteiger charge is 2.00. The zero-order valence-corrected chi connectivity index (χ0v) is 8.98. The van der Waals surface area contributed by atoms with Crippen LogP contribution in [-0.4, -0.2) is 4.98 Å². The molecule has 1 aromatic heterocycles. The van der Waals surface area contributed by atoms with Crippen molar-refractivity contribution in [3.05, 3.63) is 54.1 Å². The molecule has 2 aromatic rings. The third-order valence-electron chi connectivity index (χ3n) is 2.18. The van der Waals surface area contributed by atoms with Crippen LogP contribution in [0.1, 0.15) is 12.6 Å². The van der Waals surface area contributed by atoms with E-state index in [0.29, 0.717) is 11.5 Å². The first-order valence-corrected chi connectivity index (χ1v) is 5.16. The predicted octanol–water partition coefficient (Wildman–Crippen LogP) is 3.58. The van der Waals surface area contributed by atoms with Gasteiger partial charge in [-0.25, -0.2) is 4.39 Å². The lowest BCUT2D eigenvalue weighted by Gasteiger charge is -2.06. The van der Waals surface area contributed by atoms with Gasteiger partial charge in [0, 0.05) is 24.0 Å². The van der Waals surface area contributed by atoms with Crippen LogP contribution >= 0.6 is 0 Å². The van der Waals surface area contributed by atoms with Crippen molar-refractivity contribution < 1.29 is 9.13 Å². The Labute approximate surface area is 93.7 Å². The first-order valence-electron chi connectivity index (χ1n) is 5.16. The van der Waals surface area contributed by atoms with E-state index in [1.54, 1.807) is 24.4 Å². The number of halogens is 1. The first kappa shape index (κ1) is 10.6. The van der Waals surface area contributed by atoms with Crippen molar-refractivity contribution in [2.45, 2.75) is 13.3 Å². The summed E-state index contributed by atoms with van der Waals surface area (Å²) in [6, 6.07) is 9.68. The summed E-state index contributed by atoms with van der Waals surface area (Å²) in [5.41, 5.74) is 0.953. The highest BCUT2D eigenvalue weighted by molar-refractivity contribution is 5.31. The molecule has 0 aliphatic rings. The smallest absolute Gasteiger partial charge is 0.130 e.